The van der Waals surface area contributed by atoms with E-state index in [-0.39, 0.29) is 23.8 Å². The van der Waals surface area contributed by atoms with Crippen molar-refractivity contribution < 1.29 is 9.59 Å². The van der Waals surface area contributed by atoms with Gasteiger partial charge in [-0.1, -0.05) is 55.7 Å². The van der Waals surface area contributed by atoms with Crippen molar-refractivity contribution in [3.8, 4) is 0 Å². The maximum Gasteiger partial charge on any atom is 0.259 e. The van der Waals surface area contributed by atoms with E-state index in [4.69, 9.17) is 0 Å². The van der Waals surface area contributed by atoms with Crippen LogP contribution >= 0.6 is 0 Å². The highest BCUT2D eigenvalue weighted by Gasteiger charge is 2.55. The van der Waals surface area contributed by atoms with E-state index in [1.54, 1.807) is 0 Å². The van der Waals surface area contributed by atoms with Gasteiger partial charge in [-0.15, -0.1) is 0 Å². The zero-order valence-electron chi connectivity index (χ0n) is 16.7. The van der Waals surface area contributed by atoms with E-state index in [9.17, 15) is 9.59 Å². The van der Waals surface area contributed by atoms with Gasteiger partial charge >= 0.3 is 0 Å². The molecule has 2 aromatic rings. The summed E-state index contributed by atoms with van der Waals surface area (Å²) in [6, 6.07) is 17.6. The van der Waals surface area contributed by atoms with Crippen LogP contribution in [-0.4, -0.2) is 23.4 Å². The quantitative estimate of drug-likeness (QED) is 0.847. The Kier molecular flexibility index (Phi) is 4.96. The number of anilines is 1. The summed E-state index contributed by atoms with van der Waals surface area (Å²) in [4.78, 5) is 29.1. The highest BCUT2D eigenvalue weighted by Crippen LogP contribution is 2.50. The van der Waals surface area contributed by atoms with E-state index in [1.807, 2.05) is 73.3 Å². The van der Waals surface area contributed by atoms with E-state index >= 15 is 0 Å². The van der Waals surface area contributed by atoms with Crippen molar-refractivity contribution in [1.29, 1.82) is 0 Å². The van der Waals surface area contributed by atoms with E-state index in [2.05, 4.69) is 5.32 Å². The molecule has 0 bridgehead atoms. The van der Waals surface area contributed by atoms with Crippen LogP contribution in [0.2, 0.25) is 0 Å². The molecular formula is C24H28N2O2. The minimum Gasteiger partial charge on any atom is -0.353 e. The number of fused-ring (bicyclic) bond motifs is 1. The molecule has 0 aromatic heterocycles. The minimum atomic E-state index is -0.510. The molecule has 4 nitrogen and oxygen atoms in total. The number of para-hydroxylation sites is 1. The first kappa shape index (κ1) is 18.7. The van der Waals surface area contributed by atoms with Gasteiger partial charge in [0.05, 0.1) is 11.5 Å². The van der Waals surface area contributed by atoms with Crippen LogP contribution in [0.3, 0.4) is 0 Å². The van der Waals surface area contributed by atoms with Crippen molar-refractivity contribution in [1.82, 2.24) is 5.32 Å². The molecule has 1 spiro atoms. The third-order valence-corrected chi connectivity index (χ3v) is 6.11. The van der Waals surface area contributed by atoms with Gasteiger partial charge in [-0.3, -0.25) is 9.59 Å². The molecule has 1 N–H and O–H groups in total. The molecule has 1 atom stereocenters. The summed E-state index contributed by atoms with van der Waals surface area (Å²) >= 11 is 0. The standard InChI is InChI=1S/C24H28N2O2/c1-17(2)25-22(27)21-19-13-7-8-14-20(19)23(28)26(18-11-5-3-6-12-18)24(21)15-9-4-10-16-24/h3,5-8,11-14,17,21H,4,9-10,15-16H2,1-2H3,(H,25,27). The van der Waals surface area contributed by atoms with Crippen LogP contribution in [0.5, 0.6) is 0 Å². The Labute approximate surface area is 166 Å². The summed E-state index contributed by atoms with van der Waals surface area (Å²) in [5.74, 6) is -0.320. The maximum absolute atomic E-state index is 13.7. The SMILES string of the molecule is CC(C)NC(=O)C1c2ccccc2C(=O)N(c2ccccc2)C12CCCCC2. The van der Waals surface area contributed by atoms with Crippen LogP contribution < -0.4 is 10.2 Å². The normalized spacial score (nSPS) is 20.9. The lowest BCUT2D eigenvalue weighted by molar-refractivity contribution is -0.125. The Bertz CT molecular complexity index is 869. The van der Waals surface area contributed by atoms with Crippen molar-refractivity contribution in [2.45, 2.75) is 63.5 Å². The van der Waals surface area contributed by atoms with Gasteiger partial charge in [0.2, 0.25) is 5.91 Å². The van der Waals surface area contributed by atoms with Gasteiger partial charge in [-0.25, -0.2) is 0 Å². The third-order valence-electron chi connectivity index (χ3n) is 6.11. The molecule has 1 unspecified atom stereocenters. The Hall–Kier alpha value is -2.62. The van der Waals surface area contributed by atoms with Gasteiger partial charge in [0.1, 0.15) is 0 Å². The number of amides is 2. The number of rotatable bonds is 3. The van der Waals surface area contributed by atoms with Crippen molar-refractivity contribution in [3.05, 3.63) is 65.7 Å². The van der Waals surface area contributed by atoms with Crippen LogP contribution in [0.1, 0.15) is 67.8 Å². The lowest BCUT2D eigenvalue weighted by Gasteiger charge is -2.53. The summed E-state index contributed by atoms with van der Waals surface area (Å²) < 4.78 is 0. The van der Waals surface area contributed by atoms with Gasteiger partial charge in [0.15, 0.2) is 0 Å². The molecule has 1 aliphatic carbocycles. The first-order valence-corrected chi connectivity index (χ1v) is 10.3. The van der Waals surface area contributed by atoms with Crippen LogP contribution in [-0.2, 0) is 4.79 Å². The molecule has 1 saturated carbocycles. The average Bonchev–Trinajstić information content (AvgIpc) is 2.69. The van der Waals surface area contributed by atoms with Crippen molar-refractivity contribution >= 4 is 17.5 Å². The summed E-state index contributed by atoms with van der Waals surface area (Å²) in [6.07, 6.45) is 4.91. The minimum absolute atomic E-state index is 0.0114. The van der Waals surface area contributed by atoms with Crippen molar-refractivity contribution in [3.63, 3.8) is 0 Å². The molecule has 0 radical (unpaired) electrons. The lowest BCUT2D eigenvalue weighted by atomic mass is 9.65. The Morgan fingerprint density at radius 3 is 2.32 bits per heavy atom. The largest absolute Gasteiger partial charge is 0.353 e. The number of carbonyl (C=O) groups is 2. The second-order valence-electron chi connectivity index (χ2n) is 8.32. The van der Waals surface area contributed by atoms with Crippen LogP contribution in [0.15, 0.2) is 54.6 Å². The van der Waals surface area contributed by atoms with Crippen molar-refractivity contribution in [2.75, 3.05) is 4.90 Å². The predicted molar refractivity (Wildman–Crippen MR) is 112 cm³/mol. The second kappa shape index (κ2) is 7.42. The zero-order valence-corrected chi connectivity index (χ0v) is 16.7. The van der Waals surface area contributed by atoms with Crippen LogP contribution in [0.4, 0.5) is 5.69 Å². The molecule has 146 valence electrons. The number of hydrogen-bond donors (Lipinski definition) is 1. The fourth-order valence-electron chi connectivity index (χ4n) is 5.07. The van der Waals surface area contributed by atoms with Crippen molar-refractivity contribution in [2.24, 2.45) is 0 Å². The van der Waals surface area contributed by atoms with Gasteiger partial charge < -0.3 is 10.2 Å². The molecule has 2 aromatic carbocycles. The molecular weight excluding hydrogens is 348 g/mol. The van der Waals surface area contributed by atoms with E-state index in [0.717, 1.165) is 43.4 Å². The molecule has 1 heterocycles. The van der Waals surface area contributed by atoms with Crippen LogP contribution in [0, 0.1) is 0 Å². The fourth-order valence-corrected chi connectivity index (χ4v) is 5.07. The Balaban J connectivity index is 1.94. The molecule has 2 amide bonds. The van der Waals surface area contributed by atoms with Gasteiger partial charge in [0, 0.05) is 17.3 Å². The summed E-state index contributed by atoms with van der Waals surface area (Å²) in [5.41, 5.74) is 1.89. The molecule has 1 aliphatic heterocycles. The molecule has 4 heteroatoms. The van der Waals surface area contributed by atoms with Crippen LogP contribution in [0.25, 0.3) is 0 Å². The maximum atomic E-state index is 13.7. The van der Waals surface area contributed by atoms with Gasteiger partial charge in [-0.2, -0.15) is 0 Å². The van der Waals surface area contributed by atoms with E-state index < -0.39 is 5.54 Å². The highest BCUT2D eigenvalue weighted by molar-refractivity contribution is 6.12. The molecule has 0 saturated heterocycles. The van der Waals surface area contributed by atoms with Gasteiger partial charge in [-0.05, 0) is 50.5 Å². The average molecular weight is 377 g/mol. The first-order chi connectivity index (χ1) is 13.5. The molecule has 28 heavy (non-hydrogen) atoms. The smallest absolute Gasteiger partial charge is 0.259 e. The lowest BCUT2D eigenvalue weighted by Crippen LogP contribution is -2.63. The predicted octanol–water partition coefficient (Wildman–Crippen LogP) is 4.66. The topological polar surface area (TPSA) is 49.4 Å². The number of carbonyl (C=O) groups excluding carboxylic acids is 2. The van der Waals surface area contributed by atoms with Gasteiger partial charge in [0.25, 0.3) is 5.91 Å². The number of hydrogen-bond acceptors (Lipinski definition) is 2. The van der Waals surface area contributed by atoms with E-state index in [1.165, 1.54) is 0 Å². The number of benzene rings is 2. The summed E-state index contributed by atoms with van der Waals surface area (Å²) in [5, 5.41) is 3.13. The van der Waals surface area contributed by atoms with E-state index in [0.29, 0.717) is 5.56 Å². The third kappa shape index (κ3) is 3.01. The molecule has 4 rings (SSSR count). The Morgan fingerprint density at radius 2 is 1.64 bits per heavy atom. The summed E-state index contributed by atoms with van der Waals surface area (Å²) in [7, 11) is 0. The zero-order chi connectivity index (χ0) is 19.7. The fraction of sp³-hybridized carbons (Fsp3) is 0.417. The molecule has 1 fully saturated rings. The number of nitrogens with one attached hydrogen (secondary N) is 1. The first-order valence-electron chi connectivity index (χ1n) is 10.3. The molecule has 2 aliphatic rings. The second-order valence-corrected chi connectivity index (χ2v) is 8.32. The highest BCUT2D eigenvalue weighted by atomic mass is 16.2. The monoisotopic (exact) mass is 376 g/mol. The Morgan fingerprint density at radius 1 is 1.00 bits per heavy atom. The number of nitrogens with zero attached hydrogens (tertiary/aromatic N) is 1. The summed E-state index contributed by atoms with van der Waals surface area (Å²) in [6.45, 7) is 3.97.